The van der Waals surface area contributed by atoms with E-state index in [1.54, 1.807) is 4.90 Å². The molecule has 0 saturated heterocycles. The summed E-state index contributed by atoms with van der Waals surface area (Å²) >= 11 is 0. The standard InChI is InChI=1S/C17H20N4O3/c1-17(2,3)12-8-21(14-7-5-4-6-11(12)14)15(22)10-20-9-13(16(23)24)18-19-20/h4-7,9,12H,8,10H2,1-3H3,(H,23,24). The first-order valence-corrected chi connectivity index (χ1v) is 7.80. The van der Waals surface area contributed by atoms with Gasteiger partial charge in [0.05, 0.1) is 6.20 Å². The van der Waals surface area contributed by atoms with E-state index in [0.717, 1.165) is 5.69 Å². The van der Waals surface area contributed by atoms with Gasteiger partial charge in [0.15, 0.2) is 5.69 Å². The van der Waals surface area contributed by atoms with Gasteiger partial charge in [-0.2, -0.15) is 0 Å². The lowest BCUT2D eigenvalue weighted by atomic mass is 9.78. The summed E-state index contributed by atoms with van der Waals surface area (Å²) in [7, 11) is 0. The van der Waals surface area contributed by atoms with Crippen molar-refractivity contribution in [1.29, 1.82) is 0 Å². The topological polar surface area (TPSA) is 88.3 Å². The fraction of sp³-hybridized carbons (Fsp3) is 0.412. The van der Waals surface area contributed by atoms with Crippen LogP contribution in [0.2, 0.25) is 0 Å². The van der Waals surface area contributed by atoms with Crippen molar-refractivity contribution >= 4 is 17.6 Å². The van der Waals surface area contributed by atoms with Crippen LogP contribution in [0.1, 0.15) is 42.7 Å². The van der Waals surface area contributed by atoms with Crippen molar-refractivity contribution in [2.45, 2.75) is 33.2 Å². The number of nitrogens with zero attached hydrogens (tertiary/aromatic N) is 4. The fourth-order valence-corrected chi connectivity index (χ4v) is 3.08. The Labute approximate surface area is 139 Å². The van der Waals surface area contributed by atoms with Gasteiger partial charge in [-0.05, 0) is 17.0 Å². The van der Waals surface area contributed by atoms with Gasteiger partial charge in [-0.15, -0.1) is 5.10 Å². The average molecular weight is 328 g/mol. The second kappa shape index (κ2) is 5.74. The summed E-state index contributed by atoms with van der Waals surface area (Å²) in [5, 5.41) is 16.1. The maximum Gasteiger partial charge on any atom is 0.358 e. The number of carboxylic acid groups (broad SMARTS) is 1. The van der Waals surface area contributed by atoms with Crippen LogP contribution in [0.5, 0.6) is 0 Å². The van der Waals surface area contributed by atoms with Crippen LogP contribution in [0.4, 0.5) is 5.69 Å². The molecule has 1 N–H and O–H groups in total. The maximum absolute atomic E-state index is 12.7. The maximum atomic E-state index is 12.7. The molecule has 1 unspecified atom stereocenters. The van der Waals surface area contributed by atoms with Crippen molar-refractivity contribution < 1.29 is 14.7 Å². The third-order valence-electron chi connectivity index (χ3n) is 4.37. The van der Waals surface area contributed by atoms with Crippen molar-refractivity contribution in [3.8, 4) is 0 Å². The van der Waals surface area contributed by atoms with Crippen LogP contribution >= 0.6 is 0 Å². The minimum atomic E-state index is -1.16. The van der Waals surface area contributed by atoms with E-state index < -0.39 is 5.97 Å². The van der Waals surface area contributed by atoms with Gasteiger partial charge in [-0.1, -0.05) is 44.2 Å². The number of rotatable bonds is 3. The third-order valence-corrected chi connectivity index (χ3v) is 4.37. The zero-order chi connectivity index (χ0) is 17.5. The van der Waals surface area contributed by atoms with Crippen LogP contribution in [0.15, 0.2) is 30.5 Å². The highest BCUT2D eigenvalue weighted by atomic mass is 16.4. The van der Waals surface area contributed by atoms with E-state index in [0.29, 0.717) is 6.54 Å². The van der Waals surface area contributed by atoms with Gasteiger partial charge in [0.2, 0.25) is 5.91 Å². The summed E-state index contributed by atoms with van der Waals surface area (Å²) in [5.74, 6) is -1.04. The molecule has 0 fully saturated rings. The molecule has 2 heterocycles. The quantitative estimate of drug-likeness (QED) is 0.932. The number of fused-ring (bicyclic) bond motifs is 1. The molecule has 7 heteroatoms. The number of carbonyl (C=O) groups excluding carboxylic acids is 1. The lowest BCUT2D eigenvalue weighted by Crippen LogP contribution is -2.35. The molecule has 3 rings (SSSR count). The molecule has 7 nitrogen and oxygen atoms in total. The molecule has 0 bridgehead atoms. The molecule has 0 radical (unpaired) electrons. The predicted molar refractivity (Wildman–Crippen MR) is 88.0 cm³/mol. The molecular formula is C17H20N4O3. The van der Waals surface area contributed by atoms with Gasteiger partial charge < -0.3 is 10.0 Å². The summed E-state index contributed by atoms with van der Waals surface area (Å²) in [6, 6.07) is 7.92. The Morgan fingerprint density at radius 1 is 1.29 bits per heavy atom. The number of hydrogen-bond acceptors (Lipinski definition) is 4. The molecular weight excluding hydrogens is 308 g/mol. The van der Waals surface area contributed by atoms with E-state index >= 15 is 0 Å². The molecule has 2 aromatic rings. The zero-order valence-corrected chi connectivity index (χ0v) is 13.9. The molecule has 0 saturated carbocycles. The molecule has 1 aromatic carbocycles. The Kier molecular flexibility index (Phi) is 3.87. The Morgan fingerprint density at radius 2 is 2.00 bits per heavy atom. The Balaban J connectivity index is 1.84. The Morgan fingerprint density at radius 3 is 2.62 bits per heavy atom. The SMILES string of the molecule is CC(C)(C)C1CN(C(=O)Cn2cc(C(=O)O)nn2)c2ccccc21. The number of para-hydroxylation sites is 1. The summed E-state index contributed by atoms with van der Waals surface area (Å²) in [4.78, 5) is 25.3. The predicted octanol–water partition coefficient (Wildman–Crippen LogP) is 2.15. The zero-order valence-electron chi connectivity index (χ0n) is 13.9. The summed E-state index contributed by atoms with van der Waals surface area (Å²) in [6.45, 7) is 7.07. The molecule has 1 atom stereocenters. The van der Waals surface area contributed by atoms with Crippen LogP contribution in [0.25, 0.3) is 0 Å². The molecule has 0 aliphatic carbocycles. The van der Waals surface area contributed by atoms with Crippen LogP contribution in [0.3, 0.4) is 0 Å². The minimum Gasteiger partial charge on any atom is -0.476 e. The lowest BCUT2D eigenvalue weighted by Gasteiger charge is -2.27. The number of aromatic nitrogens is 3. The number of benzene rings is 1. The van der Waals surface area contributed by atoms with Gasteiger partial charge >= 0.3 is 5.97 Å². The number of amides is 1. The first-order chi connectivity index (χ1) is 11.3. The minimum absolute atomic E-state index is 0.0362. The van der Waals surface area contributed by atoms with Crippen LogP contribution in [0, 0.1) is 5.41 Å². The first kappa shape index (κ1) is 16.2. The van der Waals surface area contributed by atoms with Crippen molar-refractivity contribution in [3.63, 3.8) is 0 Å². The second-order valence-corrected chi connectivity index (χ2v) is 7.09. The highest BCUT2D eigenvalue weighted by molar-refractivity contribution is 5.96. The Bertz CT molecular complexity index is 791. The van der Waals surface area contributed by atoms with E-state index in [1.807, 2.05) is 18.2 Å². The van der Waals surface area contributed by atoms with Crippen molar-refractivity contribution in [2.24, 2.45) is 5.41 Å². The highest BCUT2D eigenvalue weighted by Gasteiger charge is 2.38. The van der Waals surface area contributed by atoms with Gasteiger partial charge in [0.1, 0.15) is 6.54 Å². The van der Waals surface area contributed by atoms with E-state index in [-0.39, 0.29) is 29.5 Å². The smallest absolute Gasteiger partial charge is 0.358 e. The van der Waals surface area contributed by atoms with E-state index in [1.165, 1.54) is 16.4 Å². The van der Waals surface area contributed by atoms with E-state index in [9.17, 15) is 9.59 Å². The van der Waals surface area contributed by atoms with Crippen LogP contribution in [-0.2, 0) is 11.3 Å². The van der Waals surface area contributed by atoms with Crippen LogP contribution in [-0.4, -0.2) is 38.5 Å². The van der Waals surface area contributed by atoms with E-state index in [4.69, 9.17) is 5.11 Å². The molecule has 0 spiro atoms. The first-order valence-electron chi connectivity index (χ1n) is 7.80. The Hall–Kier alpha value is -2.70. The molecule has 24 heavy (non-hydrogen) atoms. The number of anilines is 1. The van der Waals surface area contributed by atoms with Crippen molar-refractivity contribution in [1.82, 2.24) is 15.0 Å². The average Bonchev–Trinajstić information content (AvgIpc) is 3.10. The molecule has 1 aromatic heterocycles. The number of hydrogen-bond donors (Lipinski definition) is 1. The second-order valence-electron chi connectivity index (χ2n) is 7.09. The monoisotopic (exact) mass is 328 g/mol. The lowest BCUT2D eigenvalue weighted by molar-refractivity contribution is -0.119. The summed E-state index contributed by atoms with van der Waals surface area (Å²) < 4.78 is 1.26. The fourth-order valence-electron chi connectivity index (χ4n) is 3.08. The number of carboxylic acids is 1. The van der Waals surface area contributed by atoms with Crippen molar-refractivity contribution in [2.75, 3.05) is 11.4 Å². The summed E-state index contributed by atoms with van der Waals surface area (Å²) in [6.07, 6.45) is 1.27. The highest BCUT2D eigenvalue weighted by Crippen LogP contribution is 2.45. The molecule has 1 aliphatic heterocycles. The van der Waals surface area contributed by atoms with Gasteiger partial charge in [-0.3, -0.25) is 4.79 Å². The normalized spacial score (nSPS) is 17.0. The largest absolute Gasteiger partial charge is 0.476 e. The molecule has 126 valence electrons. The van der Waals surface area contributed by atoms with Gasteiger partial charge in [-0.25, -0.2) is 9.48 Å². The number of aromatic carboxylic acids is 1. The molecule has 1 amide bonds. The number of carbonyl (C=O) groups is 2. The van der Waals surface area contributed by atoms with Gasteiger partial charge in [0, 0.05) is 18.2 Å². The summed E-state index contributed by atoms with van der Waals surface area (Å²) in [5.41, 5.74) is 1.95. The van der Waals surface area contributed by atoms with E-state index in [2.05, 4.69) is 37.1 Å². The van der Waals surface area contributed by atoms with Gasteiger partial charge in [0.25, 0.3) is 0 Å². The third kappa shape index (κ3) is 2.89. The van der Waals surface area contributed by atoms with Crippen molar-refractivity contribution in [3.05, 3.63) is 41.7 Å². The molecule has 1 aliphatic rings. The van der Waals surface area contributed by atoms with Crippen LogP contribution < -0.4 is 4.90 Å².